The van der Waals surface area contributed by atoms with Gasteiger partial charge in [0, 0.05) is 30.3 Å². The molecule has 0 saturated carbocycles. The van der Waals surface area contributed by atoms with Gasteiger partial charge < -0.3 is 4.90 Å². The number of hydrogen-bond donors (Lipinski definition) is 0. The fourth-order valence-corrected chi connectivity index (χ4v) is 3.46. The molecule has 1 aromatic heterocycles. The summed E-state index contributed by atoms with van der Waals surface area (Å²) in [7, 11) is 0. The summed E-state index contributed by atoms with van der Waals surface area (Å²) < 4.78 is 0. The van der Waals surface area contributed by atoms with Crippen LogP contribution in [0, 0.1) is 11.3 Å². The lowest BCUT2D eigenvalue weighted by Crippen LogP contribution is -2.34. The number of hydrogen-bond acceptors (Lipinski definition) is 4. The quantitative estimate of drug-likeness (QED) is 0.758. The first-order valence-electron chi connectivity index (χ1n) is 6.14. The fourth-order valence-electron chi connectivity index (χ4n) is 2.56. The Kier molecular flexibility index (Phi) is 2.94. The van der Waals surface area contributed by atoms with Crippen molar-refractivity contribution in [2.45, 2.75) is 19.3 Å². The summed E-state index contributed by atoms with van der Waals surface area (Å²) in [4.78, 5) is 7.01. The molecule has 0 radical (unpaired) electrons. The molecular weight excluding hydrogens is 230 g/mol. The van der Waals surface area contributed by atoms with E-state index in [-0.39, 0.29) is 0 Å². The van der Waals surface area contributed by atoms with E-state index in [1.54, 1.807) is 0 Å². The predicted molar refractivity (Wildman–Crippen MR) is 70.5 cm³/mol. The normalized spacial score (nSPS) is 18.9. The van der Waals surface area contributed by atoms with Crippen LogP contribution >= 0.6 is 11.8 Å². The highest BCUT2D eigenvalue weighted by atomic mass is 32.2. The van der Waals surface area contributed by atoms with Crippen molar-refractivity contribution in [1.82, 2.24) is 4.98 Å². The van der Waals surface area contributed by atoms with E-state index in [1.165, 1.54) is 17.7 Å². The second kappa shape index (κ2) is 4.58. The van der Waals surface area contributed by atoms with Crippen molar-refractivity contribution in [3.8, 4) is 6.07 Å². The van der Waals surface area contributed by atoms with Crippen LogP contribution in [0.3, 0.4) is 0 Å². The molecule has 88 valence electrons. The SMILES string of the molecule is N#Cc1cc2c(nc1N1CCSCC1)CCC2. The van der Waals surface area contributed by atoms with E-state index in [0.29, 0.717) is 0 Å². The highest BCUT2D eigenvalue weighted by Crippen LogP contribution is 2.28. The number of pyridine rings is 1. The van der Waals surface area contributed by atoms with Gasteiger partial charge in [0.1, 0.15) is 11.9 Å². The van der Waals surface area contributed by atoms with Gasteiger partial charge in [-0.15, -0.1) is 0 Å². The van der Waals surface area contributed by atoms with Crippen molar-refractivity contribution >= 4 is 17.6 Å². The van der Waals surface area contributed by atoms with Gasteiger partial charge in [0.05, 0.1) is 5.56 Å². The third-order valence-electron chi connectivity index (χ3n) is 3.46. The number of aromatic nitrogens is 1. The van der Waals surface area contributed by atoms with Crippen molar-refractivity contribution in [2.75, 3.05) is 29.5 Å². The van der Waals surface area contributed by atoms with Gasteiger partial charge in [-0.3, -0.25) is 0 Å². The van der Waals surface area contributed by atoms with Crippen molar-refractivity contribution in [3.63, 3.8) is 0 Å². The Hall–Kier alpha value is -1.21. The molecule has 3 nitrogen and oxygen atoms in total. The number of nitriles is 1. The Morgan fingerprint density at radius 3 is 2.88 bits per heavy atom. The number of rotatable bonds is 1. The second-order valence-electron chi connectivity index (χ2n) is 4.53. The fraction of sp³-hybridized carbons (Fsp3) is 0.538. The van der Waals surface area contributed by atoms with Crippen LogP contribution in [0.25, 0.3) is 0 Å². The largest absolute Gasteiger partial charge is 0.354 e. The van der Waals surface area contributed by atoms with Crippen LogP contribution in [0.15, 0.2) is 6.07 Å². The molecule has 2 heterocycles. The number of anilines is 1. The summed E-state index contributed by atoms with van der Waals surface area (Å²) in [6.07, 6.45) is 3.36. The summed E-state index contributed by atoms with van der Waals surface area (Å²) in [6.45, 7) is 2.04. The van der Waals surface area contributed by atoms with E-state index in [2.05, 4.69) is 17.0 Å². The maximum absolute atomic E-state index is 9.26. The zero-order valence-electron chi connectivity index (χ0n) is 9.78. The summed E-state index contributed by atoms with van der Waals surface area (Å²) in [6, 6.07) is 4.37. The van der Waals surface area contributed by atoms with Gasteiger partial charge >= 0.3 is 0 Å². The molecule has 0 aromatic carbocycles. The van der Waals surface area contributed by atoms with Gasteiger partial charge in [-0.2, -0.15) is 17.0 Å². The van der Waals surface area contributed by atoms with Crippen LogP contribution < -0.4 is 4.90 Å². The second-order valence-corrected chi connectivity index (χ2v) is 5.75. The minimum Gasteiger partial charge on any atom is -0.354 e. The molecular formula is C13H15N3S. The molecule has 4 heteroatoms. The molecule has 0 amide bonds. The van der Waals surface area contributed by atoms with Crippen LogP contribution in [-0.2, 0) is 12.8 Å². The number of thioether (sulfide) groups is 1. The molecule has 1 aromatic rings. The Morgan fingerprint density at radius 2 is 2.12 bits per heavy atom. The lowest BCUT2D eigenvalue weighted by Gasteiger charge is -2.28. The summed E-state index contributed by atoms with van der Waals surface area (Å²) in [5.74, 6) is 3.21. The van der Waals surface area contributed by atoms with Crippen molar-refractivity contribution < 1.29 is 0 Å². The first-order chi connectivity index (χ1) is 8.38. The first-order valence-corrected chi connectivity index (χ1v) is 7.29. The van der Waals surface area contributed by atoms with E-state index in [9.17, 15) is 5.26 Å². The van der Waals surface area contributed by atoms with Crippen LogP contribution in [0.5, 0.6) is 0 Å². The average Bonchev–Trinajstić information content (AvgIpc) is 2.85. The molecule has 17 heavy (non-hydrogen) atoms. The van der Waals surface area contributed by atoms with Crippen molar-refractivity contribution in [2.24, 2.45) is 0 Å². The molecule has 1 aliphatic carbocycles. The summed E-state index contributed by atoms with van der Waals surface area (Å²) in [5.41, 5.74) is 3.27. The van der Waals surface area contributed by atoms with Crippen LogP contribution in [-0.4, -0.2) is 29.6 Å². The molecule has 0 unspecified atom stereocenters. The van der Waals surface area contributed by atoms with Gasteiger partial charge in [0.2, 0.25) is 0 Å². The number of fused-ring (bicyclic) bond motifs is 1. The smallest absolute Gasteiger partial charge is 0.146 e. The molecule has 0 bridgehead atoms. The van der Waals surface area contributed by atoms with E-state index < -0.39 is 0 Å². The first kappa shape index (κ1) is 10.9. The molecule has 1 fully saturated rings. The lowest BCUT2D eigenvalue weighted by atomic mass is 10.1. The van der Waals surface area contributed by atoms with Crippen molar-refractivity contribution in [1.29, 1.82) is 5.26 Å². The van der Waals surface area contributed by atoms with Gasteiger partial charge in [-0.1, -0.05) is 0 Å². The minimum atomic E-state index is 0.762. The van der Waals surface area contributed by atoms with E-state index >= 15 is 0 Å². The van der Waals surface area contributed by atoms with Gasteiger partial charge in [-0.05, 0) is 30.9 Å². The zero-order valence-corrected chi connectivity index (χ0v) is 10.6. The molecule has 2 aliphatic rings. The maximum Gasteiger partial charge on any atom is 0.146 e. The van der Waals surface area contributed by atoms with Gasteiger partial charge in [0.15, 0.2) is 0 Å². The Bertz CT molecular complexity index is 472. The van der Waals surface area contributed by atoms with E-state index in [0.717, 1.165) is 48.8 Å². The third kappa shape index (κ3) is 2.00. The Morgan fingerprint density at radius 1 is 1.29 bits per heavy atom. The number of nitrogens with zero attached hydrogens (tertiary/aromatic N) is 3. The summed E-state index contributed by atoms with van der Waals surface area (Å²) in [5, 5.41) is 9.26. The molecule has 0 N–H and O–H groups in total. The topological polar surface area (TPSA) is 39.9 Å². The zero-order chi connectivity index (χ0) is 11.7. The molecule has 3 rings (SSSR count). The Labute approximate surface area is 106 Å². The maximum atomic E-state index is 9.26. The van der Waals surface area contributed by atoms with Gasteiger partial charge in [0.25, 0.3) is 0 Å². The van der Waals surface area contributed by atoms with E-state index in [4.69, 9.17) is 4.98 Å². The highest BCUT2D eigenvalue weighted by Gasteiger charge is 2.21. The monoisotopic (exact) mass is 245 g/mol. The molecule has 0 spiro atoms. The third-order valence-corrected chi connectivity index (χ3v) is 4.40. The molecule has 0 atom stereocenters. The van der Waals surface area contributed by atoms with Crippen LogP contribution in [0.4, 0.5) is 5.82 Å². The van der Waals surface area contributed by atoms with E-state index in [1.807, 2.05) is 11.8 Å². The molecule has 1 saturated heterocycles. The minimum absolute atomic E-state index is 0.762. The Balaban J connectivity index is 2.00. The number of aryl methyl sites for hydroxylation is 2. The van der Waals surface area contributed by atoms with Crippen LogP contribution in [0.2, 0.25) is 0 Å². The lowest BCUT2D eigenvalue weighted by molar-refractivity contribution is 0.828. The highest BCUT2D eigenvalue weighted by molar-refractivity contribution is 7.99. The van der Waals surface area contributed by atoms with Gasteiger partial charge in [-0.25, -0.2) is 4.98 Å². The predicted octanol–water partition coefficient (Wildman–Crippen LogP) is 2.00. The standard InChI is InChI=1S/C13H15N3S/c14-9-11-8-10-2-1-3-12(10)15-13(11)16-4-6-17-7-5-16/h8H,1-7H2. The average molecular weight is 245 g/mol. The molecule has 1 aliphatic heterocycles. The summed E-state index contributed by atoms with van der Waals surface area (Å²) >= 11 is 1.98. The van der Waals surface area contributed by atoms with Crippen molar-refractivity contribution in [3.05, 3.63) is 22.9 Å². The van der Waals surface area contributed by atoms with Crippen LogP contribution in [0.1, 0.15) is 23.2 Å².